The standard InChI is InChI=1S/C16H26N2O2S/c1-12-10-13(2)15(14(3)11-12)21(19,20)18-8-6-16(4,17-5)7-9-18/h10-11,17H,6-9H2,1-5H3. The summed E-state index contributed by atoms with van der Waals surface area (Å²) in [6, 6.07) is 3.89. The molecule has 21 heavy (non-hydrogen) atoms. The lowest BCUT2D eigenvalue weighted by Gasteiger charge is -2.38. The summed E-state index contributed by atoms with van der Waals surface area (Å²) in [5, 5.41) is 3.30. The third-order valence-corrected chi connectivity index (χ3v) is 6.84. The van der Waals surface area contributed by atoms with E-state index in [1.54, 1.807) is 4.31 Å². The molecular weight excluding hydrogens is 284 g/mol. The zero-order chi connectivity index (χ0) is 15.8. The molecular formula is C16H26N2O2S. The number of nitrogens with one attached hydrogen (secondary N) is 1. The molecule has 1 aromatic rings. The number of sulfonamides is 1. The summed E-state index contributed by atoms with van der Waals surface area (Å²) in [5.41, 5.74) is 2.83. The van der Waals surface area contributed by atoms with Crippen LogP contribution in [0.25, 0.3) is 0 Å². The maximum Gasteiger partial charge on any atom is 0.243 e. The van der Waals surface area contributed by atoms with Crippen molar-refractivity contribution in [3.8, 4) is 0 Å². The first kappa shape index (κ1) is 16.5. The highest BCUT2D eigenvalue weighted by molar-refractivity contribution is 7.89. The summed E-state index contributed by atoms with van der Waals surface area (Å²) in [6.45, 7) is 9.07. The molecule has 1 saturated heterocycles. The van der Waals surface area contributed by atoms with Crippen LogP contribution in [-0.4, -0.2) is 38.4 Å². The SMILES string of the molecule is CNC1(C)CCN(S(=O)(=O)c2c(C)cc(C)cc2C)CC1. The molecule has 1 heterocycles. The smallest absolute Gasteiger partial charge is 0.243 e. The zero-order valence-electron chi connectivity index (χ0n) is 13.7. The average molecular weight is 310 g/mol. The molecule has 1 aliphatic rings. The topological polar surface area (TPSA) is 49.4 Å². The van der Waals surface area contributed by atoms with Gasteiger partial charge in [0, 0.05) is 18.6 Å². The van der Waals surface area contributed by atoms with Gasteiger partial charge >= 0.3 is 0 Å². The maximum atomic E-state index is 12.9. The van der Waals surface area contributed by atoms with Crippen LogP contribution in [0.3, 0.4) is 0 Å². The molecule has 0 amide bonds. The number of nitrogens with zero attached hydrogens (tertiary/aromatic N) is 1. The van der Waals surface area contributed by atoms with E-state index in [0.717, 1.165) is 29.5 Å². The summed E-state index contributed by atoms with van der Waals surface area (Å²) in [5.74, 6) is 0. The molecule has 4 nitrogen and oxygen atoms in total. The second-order valence-corrected chi connectivity index (χ2v) is 8.32. The lowest BCUT2D eigenvalue weighted by Crippen LogP contribution is -2.51. The molecule has 0 saturated carbocycles. The maximum absolute atomic E-state index is 12.9. The van der Waals surface area contributed by atoms with Gasteiger partial charge in [-0.15, -0.1) is 0 Å². The number of hydrogen-bond donors (Lipinski definition) is 1. The molecule has 0 unspecified atom stereocenters. The van der Waals surface area contributed by atoms with Gasteiger partial charge in [-0.2, -0.15) is 4.31 Å². The number of rotatable bonds is 3. The lowest BCUT2D eigenvalue weighted by atomic mass is 9.91. The van der Waals surface area contributed by atoms with Crippen LogP contribution in [0.4, 0.5) is 0 Å². The molecule has 0 aromatic heterocycles. The van der Waals surface area contributed by atoms with E-state index in [1.807, 2.05) is 40.0 Å². The second-order valence-electron chi connectivity index (χ2n) is 6.44. The van der Waals surface area contributed by atoms with Crippen molar-refractivity contribution in [2.75, 3.05) is 20.1 Å². The predicted octanol–water partition coefficient (Wildman–Crippen LogP) is 2.37. The number of hydrogen-bond acceptors (Lipinski definition) is 3. The van der Waals surface area contributed by atoms with Gasteiger partial charge in [0.2, 0.25) is 10.0 Å². The quantitative estimate of drug-likeness (QED) is 0.932. The molecule has 0 aliphatic carbocycles. The van der Waals surface area contributed by atoms with Gasteiger partial charge in [0.05, 0.1) is 4.90 Å². The van der Waals surface area contributed by atoms with Crippen LogP contribution in [0, 0.1) is 20.8 Å². The van der Waals surface area contributed by atoms with Gasteiger partial charge in [-0.3, -0.25) is 0 Å². The average Bonchev–Trinajstić information content (AvgIpc) is 2.37. The molecule has 1 aromatic carbocycles. The Morgan fingerprint density at radius 2 is 1.57 bits per heavy atom. The van der Waals surface area contributed by atoms with E-state index in [9.17, 15) is 8.42 Å². The van der Waals surface area contributed by atoms with E-state index in [4.69, 9.17) is 0 Å². The van der Waals surface area contributed by atoms with Gasteiger partial charge in [0.15, 0.2) is 0 Å². The molecule has 2 rings (SSSR count). The van der Waals surface area contributed by atoms with Crippen LogP contribution in [-0.2, 0) is 10.0 Å². The van der Waals surface area contributed by atoms with Gasteiger partial charge < -0.3 is 5.32 Å². The first-order valence-corrected chi connectivity index (χ1v) is 8.90. The summed E-state index contributed by atoms with van der Waals surface area (Å²) in [4.78, 5) is 0.487. The molecule has 5 heteroatoms. The Balaban J connectivity index is 2.33. The van der Waals surface area contributed by atoms with Gasteiger partial charge in [-0.05, 0) is 58.7 Å². The van der Waals surface area contributed by atoms with Crippen molar-refractivity contribution in [1.82, 2.24) is 9.62 Å². The van der Waals surface area contributed by atoms with Crippen molar-refractivity contribution in [2.45, 2.75) is 51.0 Å². The van der Waals surface area contributed by atoms with Crippen molar-refractivity contribution in [2.24, 2.45) is 0 Å². The van der Waals surface area contributed by atoms with Gasteiger partial charge in [0.1, 0.15) is 0 Å². The minimum absolute atomic E-state index is 0.0450. The molecule has 0 radical (unpaired) electrons. The predicted molar refractivity (Wildman–Crippen MR) is 86.1 cm³/mol. The lowest BCUT2D eigenvalue weighted by molar-refractivity contribution is 0.219. The van der Waals surface area contributed by atoms with Crippen LogP contribution in [0.1, 0.15) is 36.5 Å². The minimum Gasteiger partial charge on any atom is -0.314 e. The highest BCUT2D eigenvalue weighted by atomic mass is 32.2. The Labute approximate surface area is 128 Å². The third-order valence-electron chi connectivity index (χ3n) is 4.63. The number of aryl methyl sites for hydroxylation is 3. The molecule has 1 N–H and O–H groups in total. The van der Waals surface area contributed by atoms with Gasteiger partial charge in [-0.1, -0.05) is 17.7 Å². The fraction of sp³-hybridized carbons (Fsp3) is 0.625. The summed E-state index contributed by atoms with van der Waals surface area (Å²) in [6.07, 6.45) is 1.68. The van der Waals surface area contributed by atoms with Crippen molar-refractivity contribution >= 4 is 10.0 Å². The van der Waals surface area contributed by atoms with E-state index >= 15 is 0 Å². The Kier molecular flexibility index (Phi) is 4.47. The second kappa shape index (κ2) is 5.71. The Hall–Kier alpha value is -0.910. The van der Waals surface area contributed by atoms with Crippen LogP contribution in [0.2, 0.25) is 0 Å². The highest BCUT2D eigenvalue weighted by Gasteiger charge is 2.35. The normalized spacial score (nSPS) is 19.7. The fourth-order valence-electron chi connectivity index (χ4n) is 3.17. The van der Waals surface area contributed by atoms with Crippen molar-refractivity contribution < 1.29 is 8.42 Å². The summed E-state index contributed by atoms with van der Waals surface area (Å²) < 4.78 is 27.5. The van der Waals surface area contributed by atoms with Crippen molar-refractivity contribution in [1.29, 1.82) is 0 Å². The van der Waals surface area contributed by atoms with E-state index in [1.165, 1.54) is 0 Å². The van der Waals surface area contributed by atoms with E-state index in [2.05, 4.69) is 12.2 Å². The largest absolute Gasteiger partial charge is 0.314 e. The number of piperidine rings is 1. The van der Waals surface area contributed by atoms with E-state index in [-0.39, 0.29) is 5.54 Å². The molecule has 1 aliphatic heterocycles. The van der Waals surface area contributed by atoms with Crippen molar-refractivity contribution in [3.63, 3.8) is 0 Å². The van der Waals surface area contributed by atoms with E-state index in [0.29, 0.717) is 18.0 Å². The summed E-state index contributed by atoms with van der Waals surface area (Å²) in [7, 11) is -1.45. The van der Waals surface area contributed by atoms with Gasteiger partial charge in [-0.25, -0.2) is 8.42 Å². The van der Waals surface area contributed by atoms with Crippen LogP contribution >= 0.6 is 0 Å². The monoisotopic (exact) mass is 310 g/mol. The first-order valence-electron chi connectivity index (χ1n) is 7.46. The van der Waals surface area contributed by atoms with Crippen molar-refractivity contribution in [3.05, 3.63) is 28.8 Å². The molecule has 118 valence electrons. The molecule has 0 atom stereocenters. The minimum atomic E-state index is -3.39. The Morgan fingerprint density at radius 3 is 2.00 bits per heavy atom. The molecule has 0 bridgehead atoms. The third kappa shape index (κ3) is 3.15. The van der Waals surface area contributed by atoms with Crippen LogP contribution < -0.4 is 5.32 Å². The highest BCUT2D eigenvalue weighted by Crippen LogP contribution is 2.29. The Morgan fingerprint density at radius 1 is 1.10 bits per heavy atom. The Bertz CT molecular complexity index is 607. The summed E-state index contributed by atoms with van der Waals surface area (Å²) >= 11 is 0. The van der Waals surface area contributed by atoms with Gasteiger partial charge in [0.25, 0.3) is 0 Å². The fourth-order valence-corrected chi connectivity index (χ4v) is 5.03. The van der Waals surface area contributed by atoms with Crippen LogP contribution in [0.5, 0.6) is 0 Å². The number of benzene rings is 1. The van der Waals surface area contributed by atoms with Crippen LogP contribution in [0.15, 0.2) is 17.0 Å². The molecule has 0 spiro atoms. The molecule has 1 fully saturated rings. The zero-order valence-corrected chi connectivity index (χ0v) is 14.5. The van der Waals surface area contributed by atoms with E-state index < -0.39 is 10.0 Å². The first-order chi connectivity index (χ1) is 9.69.